The Morgan fingerprint density at radius 1 is 1.08 bits per heavy atom. The van der Waals surface area contributed by atoms with Crippen molar-refractivity contribution in [2.45, 2.75) is 6.54 Å². The van der Waals surface area contributed by atoms with E-state index in [-0.39, 0.29) is 5.95 Å². The van der Waals surface area contributed by atoms with Crippen LogP contribution in [0.25, 0.3) is 16.9 Å². The maximum absolute atomic E-state index is 5.53. The molecule has 0 unspecified atom stereocenters. The van der Waals surface area contributed by atoms with Crippen LogP contribution in [-0.4, -0.2) is 24.6 Å². The molecule has 4 rings (SSSR count). The van der Waals surface area contributed by atoms with Crippen LogP contribution in [0.5, 0.6) is 0 Å². The maximum atomic E-state index is 5.53. The van der Waals surface area contributed by atoms with Gasteiger partial charge in [0, 0.05) is 36.1 Å². The van der Waals surface area contributed by atoms with Crippen molar-refractivity contribution in [3.05, 3.63) is 65.0 Å². The molecule has 0 saturated carbocycles. The zero-order chi connectivity index (χ0) is 17.2. The van der Waals surface area contributed by atoms with Crippen LogP contribution in [-0.2, 0) is 6.54 Å². The molecule has 0 saturated heterocycles. The monoisotopic (exact) mass is 395 g/mol. The molecule has 0 aliphatic rings. The zero-order valence-electron chi connectivity index (χ0n) is 13.1. The first kappa shape index (κ1) is 15.5. The van der Waals surface area contributed by atoms with Crippen molar-refractivity contribution in [1.82, 2.24) is 24.6 Å². The van der Waals surface area contributed by atoms with Crippen LogP contribution < -0.4 is 11.1 Å². The van der Waals surface area contributed by atoms with Gasteiger partial charge in [0.15, 0.2) is 5.65 Å². The lowest BCUT2D eigenvalue weighted by Gasteiger charge is -2.11. The van der Waals surface area contributed by atoms with E-state index in [1.165, 1.54) is 0 Å². The predicted octanol–water partition coefficient (Wildman–Crippen LogP) is 3.14. The maximum Gasteiger partial charge on any atom is 0.219 e. The van der Waals surface area contributed by atoms with Gasteiger partial charge in [0.2, 0.25) is 5.95 Å². The minimum Gasteiger partial charge on any atom is -0.368 e. The van der Waals surface area contributed by atoms with Crippen molar-refractivity contribution in [3.63, 3.8) is 0 Å². The van der Waals surface area contributed by atoms with Crippen LogP contribution in [0.4, 0.5) is 11.8 Å². The van der Waals surface area contributed by atoms with Gasteiger partial charge in [-0.05, 0) is 15.9 Å². The molecule has 7 nitrogen and oxygen atoms in total. The van der Waals surface area contributed by atoms with Gasteiger partial charge in [0.05, 0.1) is 16.4 Å². The molecule has 4 aromatic rings. The van der Waals surface area contributed by atoms with Crippen molar-refractivity contribution in [1.29, 1.82) is 0 Å². The number of anilines is 2. The van der Waals surface area contributed by atoms with Gasteiger partial charge in [-0.2, -0.15) is 9.61 Å². The fourth-order valence-electron chi connectivity index (χ4n) is 2.47. The Morgan fingerprint density at radius 2 is 1.84 bits per heavy atom. The van der Waals surface area contributed by atoms with Crippen LogP contribution in [0.1, 0.15) is 5.56 Å². The molecule has 0 spiro atoms. The Balaban J connectivity index is 1.72. The number of hydrogen-bond acceptors (Lipinski definition) is 6. The van der Waals surface area contributed by atoms with Crippen LogP contribution in [0, 0.1) is 0 Å². The number of nitrogens with one attached hydrogen (secondary N) is 1. The lowest BCUT2D eigenvalue weighted by atomic mass is 10.1. The van der Waals surface area contributed by atoms with Gasteiger partial charge >= 0.3 is 0 Å². The summed E-state index contributed by atoms with van der Waals surface area (Å²) in [6.45, 7) is 0.547. The average Bonchev–Trinajstić information content (AvgIpc) is 3.03. The summed E-state index contributed by atoms with van der Waals surface area (Å²) < 4.78 is 2.60. The molecule has 0 aliphatic carbocycles. The van der Waals surface area contributed by atoms with Crippen molar-refractivity contribution < 1.29 is 0 Å². The van der Waals surface area contributed by atoms with Crippen molar-refractivity contribution in [2.75, 3.05) is 11.1 Å². The number of rotatable bonds is 4. The third kappa shape index (κ3) is 3.16. The quantitative estimate of drug-likeness (QED) is 0.551. The number of nitrogens with two attached hydrogens (primary N) is 1. The van der Waals surface area contributed by atoms with Gasteiger partial charge in [0.1, 0.15) is 5.82 Å². The average molecular weight is 396 g/mol. The van der Waals surface area contributed by atoms with E-state index < -0.39 is 0 Å². The zero-order valence-corrected chi connectivity index (χ0v) is 14.7. The number of nitrogen functional groups attached to an aromatic ring is 1. The second-order valence-corrected chi connectivity index (χ2v) is 6.28. The molecule has 0 bridgehead atoms. The van der Waals surface area contributed by atoms with E-state index in [0.717, 1.165) is 32.8 Å². The summed E-state index contributed by atoms with van der Waals surface area (Å²) in [6, 6.07) is 12.0. The fraction of sp³-hybridized carbons (Fsp3) is 0.0588. The van der Waals surface area contributed by atoms with Gasteiger partial charge in [-0.3, -0.25) is 0 Å². The molecule has 3 heterocycles. The normalized spacial score (nSPS) is 10.9. The highest BCUT2D eigenvalue weighted by Crippen LogP contribution is 2.26. The van der Waals surface area contributed by atoms with Crippen LogP contribution in [0.15, 0.2) is 59.5 Å². The number of fused-ring (bicyclic) bond motifs is 1. The SMILES string of the molecule is Nc1ncc(CNc2cc(-c3ccccc3)nc3c(Br)cnn23)cn1. The predicted molar refractivity (Wildman–Crippen MR) is 99.9 cm³/mol. The molecule has 0 radical (unpaired) electrons. The summed E-state index contributed by atoms with van der Waals surface area (Å²) in [5.41, 5.74) is 9.10. The Labute approximate surface area is 152 Å². The third-order valence-corrected chi connectivity index (χ3v) is 4.26. The van der Waals surface area contributed by atoms with Crippen LogP contribution in [0.3, 0.4) is 0 Å². The number of benzene rings is 1. The van der Waals surface area contributed by atoms with Crippen molar-refractivity contribution in [3.8, 4) is 11.3 Å². The smallest absolute Gasteiger partial charge is 0.219 e. The lowest BCUT2D eigenvalue weighted by molar-refractivity contribution is 0.923. The topological polar surface area (TPSA) is 94.0 Å². The number of hydrogen-bond donors (Lipinski definition) is 2. The van der Waals surface area contributed by atoms with E-state index in [1.807, 2.05) is 36.4 Å². The highest BCUT2D eigenvalue weighted by molar-refractivity contribution is 9.10. The van der Waals surface area contributed by atoms with Crippen molar-refractivity contribution in [2.24, 2.45) is 0 Å². The molecule has 3 aromatic heterocycles. The molecule has 1 aromatic carbocycles. The molecule has 0 atom stereocenters. The van der Waals surface area contributed by atoms with E-state index in [1.54, 1.807) is 23.1 Å². The van der Waals surface area contributed by atoms with E-state index in [0.29, 0.717) is 6.54 Å². The molecular weight excluding hydrogens is 382 g/mol. The minimum atomic E-state index is 0.262. The molecule has 8 heteroatoms. The van der Waals surface area contributed by atoms with Crippen molar-refractivity contribution >= 4 is 33.3 Å². The van der Waals surface area contributed by atoms with E-state index in [9.17, 15) is 0 Å². The standard InChI is InChI=1S/C17H14BrN7/c18-13-10-23-25-15(20-7-11-8-21-17(19)22-9-11)6-14(24-16(13)25)12-4-2-1-3-5-12/h1-6,8-10,20H,7H2,(H2,19,21,22). The Kier molecular flexibility index (Phi) is 4.02. The summed E-state index contributed by atoms with van der Waals surface area (Å²) in [5, 5.41) is 7.74. The van der Waals surface area contributed by atoms with Gasteiger partial charge < -0.3 is 11.1 Å². The molecule has 0 fully saturated rings. The van der Waals surface area contributed by atoms with E-state index in [4.69, 9.17) is 10.7 Å². The first-order valence-electron chi connectivity index (χ1n) is 7.61. The Morgan fingerprint density at radius 3 is 2.60 bits per heavy atom. The number of halogens is 1. The minimum absolute atomic E-state index is 0.262. The molecule has 0 amide bonds. The first-order valence-corrected chi connectivity index (χ1v) is 8.40. The van der Waals surface area contributed by atoms with Crippen LogP contribution >= 0.6 is 15.9 Å². The summed E-state index contributed by atoms with van der Waals surface area (Å²) >= 11 is 3.50. The molecule has 25 heavy (non-hydrogen) atoms. The summed E-state index contributed by atoms with van der Waals surface area (Å²) in [7, 11) is 0. The second kappa shape index (κ2) is 6.48. The van der Waals surface area contributed by atoms with Gasteiger partial charge in [0.25, 0.3) is 0 Å². The van der Waals surface area contributed by atoms with Gasteiger partial charge in [-0.15, -0.1) is 0 Å². The molecular formula is C17H14BrN7. The summed E-state index contributed by atoms with van der Waals surface area (Å²) in [5.74, 6) is 1.09. The van der Waals surface area contributed by atoms with E-state index >= 15 is 0 Å². The Bertz CT molecular complexity index is 1010. The molecule has 3 N–H and O–H groups in total. The fourth-order valence-corrected chi connectivity index (χ4v) is 2.82. The van der Waals surface area contributed by atoms with Gasteiger partial charge in [-0.25, -0.2) is 15.0 Å². The first-order chi connectivity index (χ1) is 12.2. The van der Waals surface area contributed by atoms with Gasteiger partial charge in [-0.1, -0.05) is 30.3 Å². The summed E-state index contributed by atoms with van der Waals surface area (Å²) in [4.78, 5) is 12.7. The summed E-state index contributed by atoms with van der Waals surface area (Å²) in [6.07, 6.45) is 5.13. The van der Waals surface area contributed by atoms with Crippen LogP contribution in [0.2, 0.25) is 0 Å². The third-order valence-electron chi connectivity index (χ3n) is 3.70. The molecule has 124 valence electrons. The van der Waals surface area contributed by atoms with E-state index in [2.05, 4.69) is 36.3 Å². The lowest BCUT2D eigenvalue weighted by Crippen LogP contribution is -2.07. The number of aromatic nitrogens is 5. The largest absolute Gasteiger partial charge is 0.368 e. The second-order valence-electron chi connectivity index (χ2n) is 5.42. The highest BCUT2D eigenvalue weighted by atomic mass is 79.9. The Hall–Kier alpha value is -3.00. The highest BCUT2D eigenvalue weighted by Gasteiger charge is 2.11. The number of nitrogens with zero attached hydrogens (tertiary/aromatic N) is 5. The molecule has 0 aliphatic heterocycles.